The minimum atomic E-state index is -0.946. The van der Waals surface area contributed by atoms with Crippen LogP contribution in [0.4, 0.5) is 0 Å². The van der Waals surface area contributed by atoms with Gasteiger partial charge in [-0.3, -0.25) is 0 Å². The average Bonchev–Trinajstić information content (AvgIpc) is 2.63. The van der Waals surface area contributed by atoms with E-state index in [9.17, 15) is 5.11 Å². The molecule has 2 nitrogen and oxygen atoms in total. The predicted octanol–water partition coefficient (Wildman–Crippen LogP) is 5.45. The Morgan fingerprint density at radius 2 is 1.32 bits per heavy atom. The van der Waals surface area contributed by atoms with E-state index in [1.807, 2.05) is 43.3 Å². The fraction of sp³-hybridized carbons (Fsp3) is 0.182. The van der Waals surface area contributed by atoms with E-state index in [2.05, 4.69) is 59.0 Å². The summed E-state index contributed by atoms with van der Waals surface area (Å²) in [5.74, 6) is 0.672. The van der Waals surface area contributed by atoms with Crippen LogP contribution in [-0.4, -0.2) is 5.11 Å². The van der Waals surface area contributed by atoms with E-state index in [0.717, 1.165) is 24.0 Å². The van der Waals surface area contributed by atoms with Crippen LogP contribution in [0, 0.1) is 10.5 Å². The molecule has 128 valence electrons. The Morgan fingerprint density at radius 3 is 1.88 bits per heavy atom. The monoisotopic (exact) mass is 444 g/mol. The predicted molar refractivity (Wildman–Crippen MR) is 110 cm³/mol. The molecule has 0 bridgehead atoms. The van der Waals surface area contributed by atoms with E-state index in [1.165, 1.54) is 14.7 Å². The molecule has 25 heavy (non-hydrogen) atoms. The Bertz CT molecular complexity index is 793. The SMILES string of the molecule is Cc1ccc(C(O)Oc2ccc(CCc3ccc(I)cc3)cc2)cc1. The molecule has 0 aromatic heterocycles. The Balaban J connectivity index is 1.56. The molecule has 0 heterocycles. The van der Waals surface area contributed by atoms with Crippen molar-refractivity contribution in [2.45, 2.75) is 26.1 Å². The molecule has 0 radical (unpaired) electrons. The molecule has 3 rings (SSSR count). The third kappa shape index (κ3) is 5.31. The second kappa shape index (κ2) is 8.50. The topological polar surface area (TPSA) is 29.5 Å². The molecule has 1 unspecified atom stereocenters. The lowest BCUT2D eigenvalue weighted by Gasteiger charge is -2.14. The third-order valence-electron chi connectivity index (χ3n) is 4.15. The highest BCUT2D eigenvalue weighted by Gasteiger charge is 2.08. The van der Waals surface area contributed by atoms with Gasteiger partial charge in [0.05, 0.1) is 0 Å². The molecule has 0 aliphatic carbocycles. The van der Waals surface area contributed by atoms with Gasteiger partial charge in [-0.25, -0.2) is 0 Å². The van der Waals surface area contributed by atoms with E-state index >= 15 is 0 Å². The maximum Gasteiger partial charge on any atom is 0.224 e. The van der Waals surface area contributed by atoms with Gasteiger partial charge in [-0.15, -0.1) is 0 Å². The number of hydrogen-bond acceptors (Lipinski definition) is 2. The van der Waals surface area contributed by atoms with Gasteiger partial charge in [0.1, 0.15) is 5.75 Å². The van der Waals surface area contributed by atoms with E-state index in [4.69, 9.17) is 4.74 Å². The maximum absolute atomic E-state index is 10.2. The Hall–Kier alpha value is -1.85. The minimum Gasteiger partial charge on any atom is -0.461 e. The third-order valence-corrected chi connectivity index (χ3v) is 4.87. The molecule has 0 aliphatic rings. The standard InChI is InChI=1S/C22H21IO2/c1-16-2-10-19(11-3-16)22(24)25-21-14-8-18(9-15-21)5-4-17-6-12-20(23)13-7-17/h2-3,6-15,22,24H,4-5H2,1H3. The first-order valence-electron chi connectivity index (χ1n) is 8.35. The second-order valence-electron chi connectivity index (χ2n) is 6.15. The number of hydrogen-bond donors (Lipinski definition) is 1. The molecule has 1 N–H and O–H groups in total. The van der Waals surface area contributed by atoms with Gasteiger partial charge in [0.2, 0.25) is 6.29 Å². The molecule has 0 aliphatic heterocycles. The summed E-state index contributed by atoms with van der Waals surface area (Å²) in [6.45, 7) is 2.02. The summed E-state index contributed by atoms with van der Waals surface area (Å²) in [7, 11) is 0. The molecule has 3 heteroatoms. The molecule has 0 saturated carbocycles. The van der Waals surface area contributed by atoms with Crippen LogP contribution in [-0.2, 0) is 12.8 Å². The van der Waals surface area contributed by atoms with Crippen LogP contribution >= 0.6 is 22.6 Å². The van der Waals surface area contributed by atoms with Gasteiger partial charge in [0.15, 0.2) is 0 Å². The zero-order valence-electron chi connectivity index (χ0n) is 14.2. The first-order valence-corrected chi connectivity index (χ1v) is 9.43. The molecule has 3 aromatic carbocycles. The van der Waals surface area contributed by atoms with Crippen molar-refractivity contribution in [2.24, 2.45) is 0 Å². The van der Waals surface area contributed by atoms with Crippen molar-refractivity contribution in [3.8, 4) is 5.75 Å². The molecule has 0 saturated heterocycles. The summed E-state index contributed by atoms with van der Waals surface area (Å²) in [6.07, 6.45) is 1.06. The highest BCUT2D eigenvalue weighted by molar-refractivity contribution is 14.1. The average molecular weight is 444 g/mol. The molecule has 3 aromatic rings. The number of halogens is 1. The van der Waals surface area contributed by atoms with Crippen molar-refractivity contribution >= 4 is 22.6 Å². The highest BCUT2D eigenvalue weighted by Crippen LogP contribution is 2.21. The first-order chi connectivity index (χ1) is 12.1. The highest BCUT2D eigenvalue weighted by atomic mass is 127. The van der Waals surface area contributed by atoms with Crippen molar-refractivity contribution in [1.82, 2.24) is 0 Å². The van der Waals surface area contributed by atoms with Crippen LogP contribution in [0.2, 0.25) is 0 Å². The van der Waals surface area contributed by atoms with Crippen LogP contribution in [0.3, 0.4) is 0 Å². The maximum atomic E-state index is 10.2. The van der Waals surface area contributed by atoms with Gasteiger partial charge in [-0.2, -0.15) is 0 Å². The van der Waals surface area contributed by atoms with Crippen LogP contribution in [0.15, 0.2) is 72.8 Å². The second-order valence-corrected chi connectivity index (χ2v) is 7.40. The molecular weight excluding hydrogens is 423 g/mol. The molecule has 1 atom stereocenters. The summed E-state index contributed by atoms with van der Waals surface area (Å²) in [5, 5.41) is 10.2. The summed E-state index contributed by atoms with van der Waals surface area (Å²) in [5.41, 5.74) is 4.52. The van der Waals surface area contributed by atoms with E-state index in [1.54, 1.807) is 0 Å². The van der Waals surface area contributed by atoms with E-state index in [-0.39, 0.29) is 0 Å². The number of aliphatic hydroxyl groups excluding tert-OH is 1. The Labute approximate surface area is 162 Å². The normalized spacial score (nSPS) is 12.0. The van der Waals surface area contributed by atoms with E-state index in [0.29, 0.717) is 5.75 Å². The van der Waals surface area contributed by atoms with Gasteiger partial charge >= 0.3 is 0 Å². The van der Waals surface area contributed by atoms with Crippen molar-refractivity contribution in [1.29, 1.82) is 0 Å². The van der Waals surface area contributed by atoms with Crippen molar-refractivity contribution in [3.63, 3.8) is 0 Å². The number of benzene rings is 3. The number of ether oxygens (including phenoxy) is 1. The van der Waals surface area contributed by atoms with Gasteiger partial charge in [0.25, 0.3) is 0 Å². The minimum absolute atomic E-state index is 0.672. The van der Waals surface area contributed by atoms with E-state index < -0.39 is 6.29 Å². The largest absolute Gasteiger partial charge is 0.461 e. The van der Waals surface area contributed by atoms with Crippen LogP contribution in [0.1, 0.15) is 28.5 Å². The summed E-state index contributed by atoms with van der Waals surface area (Å²) >= 11 is 2.32. The molecular formula is C22H21IO2. The lowest BCUT2D eigenvalue weighted by atomic mass is 10.0. The quantitative estimate of drug-likeness (QED) is 0.405. The van der Waals surface area contributed by atoms with Crippen molar-refractivity contribution in [2.75, 3.05) is 0 Å². The van der Waals surface area contributed by atoms with Gasteiger partial charge in [-0.05, 0) is 77.7 Å². The first kappa shape index (κ1) is 18.0. The smallest absolute Gasteiger partial charge is 0.224 e. The Kier molecular flexibility index (Phi) is 6.10. The van der Waals surface area contributed by atoms with Crippen LogP contribution < -0.4 is 4.74 Å². The van der Waals surface area contributed by atoms with Gasteiger partial charge in [-0.1, -0.05) is 54.1 Å². The van der Waals surface area contributed by atoms with Crippen molar-refractivity contribution < 1.29 is 9.84 Å². The Morgan fingerprint density at radius 1 is 0.800 bits per heavy atom. The fourth-order valence-corrected chi connectivity index (χ4v) is 2.96. The molecule has 0 spiro atoms. The number of aliphatic hydroxyl groups is 1. The zero-order chi connectivity index (χ0) is 17.6. The lowest BCUT2D eigenvalue weighted by molar-refractivity contribution is -0.0194. The summed E-state index contributed by atoms with van der Waals surface area (Å²) in [4.78, 5) is 0. The molecule has 0 amide bonds. The van der Waals surface area contributed by atoms with Crippen molar-refractivity contribution in [3.05, 3.63) is 98.6 Å². The number of aryl methyl sites for hydroxylation is 3. The zero-order valence-corrected chi connectivity index (χ0v) is 16.3. The summed E-state index contributed by atoms with van der Waals surface area (Å²) in [6, 6.07) is 24.3. The summed E-state index contributed by atoms with van der Waals surface area (Å²) < 4.78 is 6.89. The molecule has 0 fully saturated rings. The van der Waals surface area contributed by atoms with Crippen LogP contribution in [0.5, 0.6) is 5.75 Å². The number of rotatable bonds is 6. The van der Waals surface area contributed by atoms with Crippen LogP contribution in [0.25, 0.3) is 0 Å². The fourth-order valence-electron chi connectivity index (χ4n) is 2.60. The lowest BCUT2D eigenvalue weighted by Crippen LogP contribution is -2.06. The van der Waals surface area contributed by atoms with Gasteiger partial charge < -0.3 is 9.84 Å². The van der Waals surface area contributed by atoms with Gasteiger partial charge in [0, 0.05) is 9.13 Å².